The van der Waals surface area contributed by atoms with Gasteiger partial charge in [0.15, 0.2) is 0 Å². The fraction of sp³-hybridized carbons (Fsp3) is 0.250. The van der Waals surface area contributed by atoms with Crippen LogP contribution < -0.4 is 5.32 Å². The number of hydrogen-bond donors (Lipinski definition) is 1. The molecule has 0 aliphatic carbocycles. The van der Waals surface area contributed by atoms with Gasteiger partial charge in [-0.25, -0.2) is 4.39 Å². The maximum Gasteiger partial charge on any atom is 0.416 e. The molecule has 0 heterocycles. The van der Waals surface area contributed by atoms with Gasteiger partial charge in [-0.2, -0.15) is 13.2 Å². The van der Waals surface area contributed by atoms with Crippen molar-refractivity contribution in [1.29, 1.82) is 0 Å². The fourth-order valence-corrected chi connectivity index (χ4v) is 2.09. The summed E-state index contributed by atoms with van der Waals surface area (Å²) >= 11 is 0. The molecule has 112 valence electrons. The summed E-state index contributed by atoms with van der Waals surface area (Å²) in [4.78, 5) is 0. The molecule has 5 heteroatoms. The molecule has 0 fully saturated rings. The summed E-state index contributed by atoms with van der Waals surface area (Å²) in [5, 5.41) is 3.02. The molecule has 21 heavy (non-hydrogen) atoms. The summed E-state index contributed by atoms with van der Waals surface area (Å²) in [5.74, 6) is -0.887. The highest BCUT2D eigenvalue weighted by atomic mass is 19.4. The molecule has 2 aromatic rings. The molecule has 0 aromatic heterocycles. The van der Waals surface area contributed by atoms with Gasteiger partial charge in [-0.05, 0) is 30.2 Å². The van der Waals surface area contributed by atoms with Gasteiger partial charge >= 0.3 is 6.18 Å². The second kappa shape index (κ2) is 6.26. The molecule has 0 aliphatic rings. The van der Waals surface area contributed by atoms with Gasteiger partial charge in [-0.3, -0.25) is 0 Å². The molecule has 0 saturated carbocycles. The van der Waals surface area contributed by atoms with Crippen molar-refractivity contribution in [2.75, 3.05) is 0 Å². The molecule has 1 N–H and O–H groups in total. The molecule has 1 atom stereocenters. The second-order valence-corrected chi connectivity index (χ2v) is 4.81. The van der Waals surface area contributed by atoms with Crippen molar-refractivity contribution in [3.8, 4) is 0 Å². The molecule has 2 rings (SSSR count). The Hall–Kier alpha value is -1.88. The molecule has 0 spiro atoms. The highest BCUT2D eigenvalue weighted by molar-refractivity contribution is 5.30. The molecule has 0 bridgehead atoms. The van der Waals surface area contributed by atoms with Gasteiger partial charge in [-0.15, -0.1) is 0 Å². The van der Waals surface area contributed by atoms with E-state index in [0.29, 0.717) is 6.07 Å². The number of nitrogens with one attached hydrogen (secondary N) is 1. The first-order chi connectivity index (χ1) is 9.88. The van der Waals surface area contributed by atoms with Crippen molar-refractivity contribution in [3.63, 3.8) is 0 Å². The van der Waals surface area contributed by atoms with Gasteiger partial charge in [0.05, 0.1) is 5.56 Å². The van der Waals surface area contributed by atoms with Gasteiger partial charge in [0.25, 0.3) is 0 Å². The summed E-state index contributed by atoms with van der Waals surface area (Å²) in [5.41, 5.74) is 0.0788. The van der Waals surface area contributed by atoms with Gasteiger partial charge in [0.2, 0.25) is 0 Å². The second-order valence-electron chi connectivity index (χ2n) is 4.81. The van der Waals surface area contributed by atoms with Crippen LogP contribution in [0.2, 0.25) is 0 Å². The Morgan fingerprint density at radius 3 is 2.33 bits per heavy atom. The highest BCUT2D eigenvalue weighted by Crippen LogP contribution is 2.32. The minimum Gasteiger partial charge on any atom is -0.306 e. The molecule has 0 saturated heterocycles. The van der Waals surface area contributed by atoms with Gasteiger partial charge in [0, 0.05) is 12.6 Å². The molecule has 0 aliphatic heterocycles. The van der Waals surface area contributed by atoms with Crippen LogP contribution in [-0.2, 0) is 12.7 Å². The van der Waals surface area contributed by atoms with Crippen LogP contribution in [0.25, 0.3) is 0 Å². The monoisotopic (exact) mass is 297 g/mol. The van der Waals surface area contributed by atoms with Crippen LogP contribution >= 0.6 is 0 Å². The normalized spacial score (nSPS) is 13.2. The highest BCUT2D eigenvalue weighted by Gasteiger charge is 2.33. The lowest BCUT2D eigenvalue weighted by molar-refractivity contribution is -0.138. The van der Waals surface area contributed by atoms with Crippen LogP contribution in [-0.4, -0.2) is 0 Å². The number of benzene rings is 2. The lowest BCUT2D eigenvalue weighted by Gasteiger charge is -2.17. The third kappa shape index (κ3) is 4.04. The number of halogens is 4. The van der Waals surface area contributed by atoms with E-state index in [4.69, 9.17) is 0 Å². The molecule has 0 amide bonds. The Bertz CT molecular complexity index is 593. The SMILES string of the molecule is C[C@H](NCc1ccc(F)cc1C(F)(F)F)c1ccccc1. The quantitative estimate of drug-likeness (QED) is 0.807. The zero-order chi connectivity index (χ0) is 15.5. The fourth-order valence-electron chi connectivity index (χ4n) is 2.09. The van der Waals surface area contributed by atoms with E-state index < -0.39 is 17.6 Å². The van der Waals surface area contributed by atoms with Crippen molar-refractivity contribution in [1.82, 2.24) is 5.32 Å². The van der Waals surface area contributed by atoms with Crippen molar-refractivity contribution in [3.05, 3.63) is 71.0 Å². The topological polar surface area (TPSA) is 12.0 Å². The van der Waals surface area contributed by atoms with E-state index in [9.17, 15) is 17.6 Å². The van der Waals surface area contributed by atoms with Gasteiger partial charge in [0.1, 0.15) is 5.82 Å². The van der Waals surface area contributed by atoms with E-state index >= 15 is 0 Å². The zero-order valence-corrected chi connectivity index (χ0v) is 11.4. The van der Waals surface area contributed by atoms with E-state index in [0.717, 1.165) is 11.6 Å². The van der Waals surface area contributed by atoms with Crippen LogP contribution in [0, 0.1) is 5.82 Å². The molecular weight excluding hydrogens is 282 g/mol. The smallest absolute Gasteiger partial charge is 0.306 e. The maximum atomic E-state index is 13.0. The van der Waals surface area contributed by atoms with Gasteiger partial charge in [-0.1, -0.05) is 36.4 Å². The Morgan fingerprint density at radius 2 is 1.71 bits per heavy atom. The number of alkyl halides is 3. The van der Waals surface area contributed by atoms with Crippen molar-refractivity contribution in [2.24, 2.45) is 0 Å². The van der Waals surface area contributed by atoms with Crippen LogP contribution in [0.4, 0.5) is 17.6 Å². The molecular formula is C16H15F4N. The van der Waals surface area contributed by atoms with Crippen molar-refractivity contribution < 1.29 is 17.6 Å². The first kappa shape index (κ1) is 15.5. The average Bonchev–Trinajstić information content (AvgIpc) is 2.45. The van der Waals surface area contributed by atoms with Crippen LogP contribution in [0.15, 0.2) is 48.5 Å². The molecule has 0 radical (unpaired) electrons. The van der Waals surface area contributed by atoms with E-state index in [2.05, 4.69) is 5.32 Å². The van der Waals surface area contributed by atoms with Crippen molar-refractivity contribution >= 4 is 0 Å². The predicted molar refractivity (Wildman–Crippen MR) is 73.1 cm³/mol. The maximum absolute atomic E-state index is 13.0. The van der Waals surface area contributed by atoms with Crippen molar-refractivity contribution in [2.45, 2.75) is 25.7 Å². The first-order valence-corrected chi connectivity index (χ1v) is 6.52. The summed E-state index contributed by atoms with van der Waals surface area (Å²) < 4.78 is 51.7. The van der Waals surface area contributed by atoms with E-state index in [1.165, 1.54) is 6.07 Å². The summed E-state index contributed by atoms with van der Waals surface area (Å²) in [6.07, 6.45) is -4.56. The first-order valence-electron chi connectivity index (χ1n) is 6.52. The Kier molecular flexibility index (Phi) is 4.63. The molecule has 1 nitrogen and oxygen atoms in total. The lowest BCUT2D eigenvalue weighted by Crippen LogP contribution is -2.21. The van der Waals surface area contributed by atoms with E-state index in [-0.39, 0.29) is 18.2 Å². The van der Waals surface area contributed by atoms with Crippen LogP contribution in [0.5, 0.6) is 0 Å². The summed E-state index contributed by atoms with van der Waals surface area (Å²) in [6, 6.07) is 12.0. The third-order valence-electron chi connectivity index (χ3n) is 3.28. The molecule has 2 aromatic carbocycles. The largest absolute Gasteiger partial charge is 0.416 e. The van der Waals surface area contributed by atoms with Crippen LogP contribution in [0.3, 0.4) is 0 Å². The predicted octanol–water partition coefficient (Wildman–Crippen LogP) is 4.70. The minimum absolute atomic E-state index is 0.0190. The third-order valence-corrected chi connectivity index (χ3v) is 3.28. The Morgan fingerprint density at radius 1 is 1.05 bits per heavy atom. The summed E-state index contributed by atoms with van der Waals surface area (Å²) in [6.45, 7) is 1.89. The minimum atomic E-state index is -4.56. The van der Waals surface area contributed by atoms with E-state index in [1.54, 1.807) is 0 Å². The number of hydrogen-bond acceptors (Lipinski definition) is 1. The average molecular weight is 297 g/mol. The Labute approximate surface area is 120 Å². The number of rotatable bonds is 4. The van der Waals surface area contributed by atoms with Gasteiger partial charge < -0.3 is 5.32 Å². The van der Waals surface area contributed by atoms with Crippen LogP contribution in [0.1, 0.15) is 29.7 Å². The Balaban J connectivity index is 2.14. The summed E-state index contributed by atoms with van der Waals surface area (Å²) in [7, 11) is 0. The molecule has 0 unspecified atom stereocenters. The van der Waals surface area contributed by atoms with E-state index in [1.807, 2.05) is 37.3 Å². The zero-order valence-electron chi connectivity index (χ0n) is 11.4. The lowest BCUT2D eigenvalue weighted by atomic mass is 10.0. The standard InChI is InChI=1S/C16H15F4N/c1-11(12-5-3-2-4-6-12)21-10-13-7-8-14(17)9-15(13)16(18,19)20/h2-9,11,21H,10H2,1H3/t11-/m0/s1.